The summed E-state index contributed by atoms with van der Waals surface area (Å²) in [7, 11) is 0. The largest absolute Gasteiger partial charge is 0.399 e. The van der Waals surface area contributed by atoms with E-state index < -0.39 is 5.82 Å². The zero-order chi connectivity index (χ0) is 13.4. The zero-order valence-electron chi connectivity index (χ0n) is 10.1. The highest BCUT2D eigenvalue weighted by Gasteiger charge is 2.05. The minimum Gasteiger partial charge on any atom is -0.399 e. The topological polar surface area (TPSA) is 30.9 Å². The number of fused-ring (bicyclic) bond motifs is 1. The smallest absolute Gasteiger partial charge is 0.141 e. The van der Waals surface area contributed by atoms with Gasteiger partial charge >= 0.3 is 0 Å². The molecule has 0 spiro atoms. The molecule has 0 aliphatic carbocycles. The highest BCUT2D eigenvalue weighted by Crippen LogP contribution is 2.21. The molecule has 0 amide bonds. The molecule has 2 nitrogen and oxygen atoms in total. The first-order chi connectivity index (χ1) is 9.13. The van der Waals surface area contributed by atoms with E-state index >= 15 is 0 Å². The van der Waals surface area contributed by atoms with Gasteiger partial charge in [-0.15, -0.1) is 0 Å². The number of anilines is 1. The Balaban J connectivity index is 2.00. The molecule has 19 heavy (non-hydrogen) atoms. The number of aromatic nitrogens is 1. The molecule has 3 rings (SSSR count). The van der Waals surface area contributed by atoms with Gasteiger partial charge in [0.15, 0.2) is 0 Å². The van der Waals surface area contributed by atoms with E-state index in [-0.39, 0.29) is 5.02 Å². The monoisotopic (exact) mass is 274 g/mol. The fraction of sp³-hybridized carbons (Fsp3) is 0.0667. The van der Waals surface area contributed by atoms with Crippen LogP contribution < -0.4 is 5.73 Å². The number of nitrogens with two attached hydrogens (primary N) is 1. The standard InChI is InChI=1S/C15H12ClFN2/c16-13-7-10(1-4-14(13)17)9-19-6-5-11-2-3-12(18)8-15(11)19/h1-8H,9,18H2. The molecule has 4 heteroatoms. The van der Waals surface area contributed by atoms with Crippen LogP contribution in [0.3, 0.4) is 0 Å². The first kappa shape index (κ1) is 12.1. The molecular formula is C15H12ClFN2. The van der Waals surface area contributed by atoms with Gasteiger partial charge in [-0.2, -0.15) is 0 Å². The lowest BCUT2D eigenvalue weighted by Crippen LogP contribution is -1.98. The van der Waals surface area contributed by atoms with Crippen molar-refractivity contribution in [2.75, 3.05) is 5.73 Å². The van der Waals surface area contributed by atoms with Gasteiger partial charge in [-0.05, 0) is 41.3 Å². The van der Waals surface area contributed by atoms with Gasteiger partial charge in [-0.25, -0.2) is 4.39 Å². The molecule has 96 valence electrons. The van der Waals surface area contributed by atoms with E-state index in [9.17, 15) is 4.39 Å². The zero-order valence-corrected chi connectivity index (χ0v) is 10.9. The minimum atomic E-state index is -0.396. The number of rotatable bonds is 2. The Morgan fingerprint density at radius 2 is 1.95 bits per heavy atom. The van der Waals surface area contributed by atoms with Crippen molar-refractivity contribution in [1.82, 2.24) is 4.57 Å². The lowest BCUT2D eigenvalue weighted by Gasteiger charge is -2.07. The summed E-state index contributed by atoms with van der Waals surface area (Å²) in [4.78, 5) is 0. The molecule has 1 aromatic heterocycles. The fourth-order valence-corrected chi connectivity index (χ4v) is 2.38. The minimum absolute atomic E-state index is 0.147. The molecule has 0 saturated carbocycles. The molecule has 2 N–H and O–H groups in total. The third kappa shape index (κ3) is 2.29. The van der Waals surface area contributed by atoms with Gasteiger partial charge in [0.25, 0.3) is 0 Å². The normalized spacial score (nSPS) is 11.1. The van der Waals surface area contributed by atoms with Gasteiger partial charge in [0, 0.05) is 18.4 Å². The average Bonchev–Trinajstić information content (AvgIpc) is 2.77. The van der Waals surface area contributed by atoms with E-state index in [4.69, 9.17) is 17.3 Å². The van der Waals surface area contributed by atoms with Crippen LogP contribution in [0.5, 0.6) is 0 Å². The molecule has 0 aliphatic heterocycles. The quantitative estimate of drug-likeness (QED) is 0.702. The summed E-state index contributed by atoms with van der Waals surface area (Å²) in [5.74, 6) is -0.396. The Hall–Kier alpha value is -2.00. The summed E-state index contributed by atoms with van der Waals surface area (Å²) in [6.07, 6.45) is 1.99. The molecule has 0 radical (unpaired) electrons. The molecule has 0 atom stereocenters. The maximum Gasteiger partial charge on any atom is 0.141 e. The van der Waals surface area contributed by atoms with E-state index in [1.165, 1.54) is 6.07 Å². The average molecular weight is 275 g/mol. The van der Waals surface area contributed by atoms with Gasteiger partial charge in [0.2, 0.25) is 0 Å². The summed E-state index contributed by atoms with van der Waals surface area (Å²) in [5, 5.41) is 1.27. The SMILES string of the molecule is Nc1ccc2ccn(Cc3ccc(F)c(Cl)c3)c2c1. The van der Waals surface area contributed by atoms with E-state index in [2.05, 4.69) is 4.57 Å². The number of hydrogen-bond acceptors (Lipinski definition) is 1. The van der Waals surface area contributed by atoms with E-state index in [0.29, 0.717) is 6.54 Å². The van der Waals surface area contributed by atoms with Gasteiger partial charge in [0.05, 0.1) is 10.5 Å². The second-order valence-electron chi connectivity index (χ2n) is 4.51. The number of nitrogens with zero attached hydrogens (tertiary/aromatic N) is 1. The lowest BCUT2D eigenvalue weighted by atomic mass is 10.2. The Labute approximate surface area is 115 Å². The van der Waals surface area contributed by atoms with Crippen LogP contribution in [0.15, 0.2) is 48.7 Å². The van der Waals surface area contributed by atoms with Crippen LogP contribution in [-0.2, 0) is 6.54 Å². The van der Waals surface area contributed by atoms with Crippen LogP contribution in [-0.4, -0.2) is 4.57 Å². The second kappa shape index (κ2) is 4.59. The molecule has 2 aromatic carbocycles. The Morgan fingerprint density at radius 3 is 2.74 bits per heavy atom. The van der Waals surface area contributed by atoms with Crippen molar-refractivity contribution in [1.29, 1.82) is 0 Å². The summed E-state index contributed by atoms with van der Waals surface area (Å²) >= 11 is 5.79. The summed E-state index contributed by atoms with van der Waals surface area (Å²) < 4.78 is 15.2. The molecule has 0 fully saturated rings. The fourth-order valence-electron chi connectivity index (χ4n) is 2.17. The maximum atomic E-state index is 13.1. The predicted octanol–water partition coefficient (Wildman–Crippen LogP) is 4.06. The van der Waals surface area contributed by atoms with Crippen molar-refractivity contribution in [2.24, 2.45) is 0 Å². The van der Waals surface area contributed by atoms with E-state index in [1.54, 1.807) is 12.1 Å². The van der Waals surface area contributed by atoms with Gasteiger partial charge < -0.3 is 10.3 Å². The van der Waals surface area contributed by atoms with Crippen LogP contribution in [0, 0.1) is 5.82 Å². The number of nitrogen functional groups attached to an aromatic ring is 1. The molecule has 1 heterocycles. The van der Waals surface area contributed by atoms with Gasteiger partial charge in [-0.1, -0.05) is 23.7 Å². The van der Waals surface area contributed by atoms with E-state index in [1.807, 2.05) is 30.5 Å². The Kier molecular flexibility index (Phi) is 2.91. The van der Waals surface area contributed by atoms with Crippen molar-refractivity contribution in [2.45, 2.75) is 6.54 Å². The summed E-state index contributed by atoms with van der Waals surface area (Å²) in [6.45, 7) is 0.632. The van der Waals surface area contributed by atoms with Crippen molar-refractivity contribution >= 4 is 28.2 Å². The highest BCUT2D eigenvalue weighted by atomic mass is 35.5. The van der Waals surface area contributed by atoms with Crippen molar-refractivity contribution < 1.29 is 4.39 Å². The summed E-state index contributed by atoms with van der Waals surface area (Å²) in [5.41, 5.74) is 8.54. The second-order valence-corrected chi connectivity index (χ2v) is 4.92. The van der Waals surface area contributed by atoms with Crippen LogP contribution in [0.25, 0.3) is 10.9 Å². The number of hydrogen-bond donors (Lipinski definition) is 1. The molecule has 3 aromatic rings. The third-order valence-electron chi connectivity index (χ3n) is 3.13. The van der Waals surface area contributed by atoms with Crippen molar-refractivity contribution in [3.05, 3.63) is 65.1 Å². The molecule has 0 aliphatic rings. The Bertz CT molecular complexity index is 749. The van der Waals surface area contributed by atoms with Crippen LogP contribution >= 0.6 is 11.6 Å². The molecular weight excluding hydrogens is 263 g/mol. The number of halogens is 2. The Morgan fingerprint density at radius 1 is 1.11 bits per heavy atom. The van der Waals surface area contributed by atoms with Gasteiger partial charge in [0.1, 0.15) is 5.82 Å². The van der Waals surface area contributed by atoms with Crippen LogP contribution in [0.2, 0.25) is 5.02 Å². The maximum absolute atomic E-state index is 13.1. The first-order valence-electron chi connectivity index (χ1n) is 5.92. The summed E-state index contributed by atoms with van der Waals surface area (Å²) in [6, 6.07) is 12.6. The van der Waals surface area contributed by atoms with Crippen molar-refractivity contribution in [3.8, 4) is 0 Å². The number of benzene rings is 2. The van der Waals surface area contributed by atoms with Crippen molar-refractivity contribution in [3.63, 3.8) is 0 Å². The van der Waals surface area contributed by atoms with E-state index in [0.717, 1.165) is 22.2 Å². The van der Waals surface area contributed by atoms with Crippen LogP contribution in [0.4, 0.5) is 10.1 Å². The third-order valence-corrected chi connectivity index (χ3v) is 3.42. The van der Waals surface area contributed by atoms with Gasteiger partial charge in [-0.3, -0.25) is 0 Å². The molecule has 0 saturated heterocycles. The lowest BCUT2D eigenvalue weighted by molar-refractivity contribution is 0.627. The molecule has 0 bridgehead atoms. The first-order valence-corrected chi connectivity index (χ1v) is 6.29. The predicted molar refractivity (Wildman–Crippen MR) is 76.9 cm³/mol. The molecule has 0 unspecified atom stereocenters. The highest BCUT2D eigenvalue weighted by molar-refractivity contribution is 6.30. The van der Waals surface area contributed by atoms with Crippen LogP contribution in [0.1, 0.15) is 5.56 Å².